The number of rotatable bonds is 7. The minimum absolute atomic E-state index is 0.226. The average molecular weight is 265 g/mol. The highest BCUT2D eigenvalue weighted by Gasteiger charge is 2.12. The topological polar surface area (TPSA) is 60.8 Å². The molecule has 19 heavy (non-hydrogen) atoms. The molecule has 0 bridgehead atoms. The largest absolute Gasteiger partial charge is 0.481 e. The van der Waals surface area contributed by atoms with Crippen molar-refractivity contribution in [2.24, 2.45) is 5.92 Å². The van der Waals surface area contributed by atoms with Crippen molar-refractivity contribution in [3.8, 4) is 0 Å². The minimum Gasteiger partial charge on any atom is -0.481 e. The van der Waals surface area contributed by atoms with Crippen molar-refractivity contribution in [2.75, 3.05) is 18.5 Å². The summed E-state index contributed by atoms with van der Waals surface area (Å²) in [4.78, 5) is 12.4. The van der Waals surface area contributed by atoms with Crippen molar-refractivity contribution in [2.45, 2.75) is 32.8 Å². The molecule has 1 aromatic rings. The molecule has 0 radical (unpaired) electrons. The number of aliphatic hydroxyl groups excluding tert-OH is 1. The van der Waals surface area contributed by atoms with Gasteiger partial charge in [0, 0.05) is 19.3 Å². The zero-order valence-electron chi connectivity index (χ0n) is 11.8. The number of carbonyl (C=O) groups is 1. The van der Waals surface area contributed by atoms with Crippen LogP contribution in [0, 0.1) is 5.92 Å². The summed E-state index contributed by atoms with van der Waals surface area (Å²) in [5.74, 6) is -0.353. The maximum atomic E-state index is 10.5. The van der Waals surface area contributed by atoms with E-state index in [0.717, 1.165) is 12.1 Å². The van der Waals surface area contributed by atoms with Gasteiger partial charge in [-0.2, -0.15) is 0 Å². The third kappa shape index (κ3) is 5.75. The molecule has 0 heterocycles. The molecule has 106 valence electrons. The second-order valence-electron chi connectivity index (χ2n) is 5.40. The molecule has 0 aliphatic carbocycles. The normalized spacial score (nSPS) is 12.5. The molecule has 0 amide bonds. The molecular weight excluding hydrogens is 242 g/mol. The fourth-order valence-electron chi connectivity index (χ4n) is 2.05. The molecule has 0 aliphatic heterocycles. The predicted octanol–water partition coefficient (Wildman–Crippen LogP) is 2.16. The molecule has 0 spiro atoms. The first kappa shape index (κ1) is 15.5. The number of hydrogen-bond donors (Lipinski definition) is 2. The van der Waals surface area contributed by atoms with Crippen LogP contribution in [0.4, 0.5) is 5.69 Å². The van der Waals surface area contributed by atoms with E-state index < -0.39 is 12.1 Å². The van der Waals surface area contributed by atoms with E-state index in [9.17, 15) is 9.90 Å². The highest BCUT2D eigenvalue weighted by molar-refractivity contribution is 5.67. The highest BCUT2D eigenvalue weighted by atomic mass is 16.4. The van der Waals surface area contributed by atoms with Crippen LogP contribution in [0.5, 0.6) is 0 Å². The van der Waals surface area contributed by atoms with Gasteiger partial charge in [-0.1, -0.05) is 26.0 Å². The molecule has 0 saturated heterocycles. The van der Waals surface area contributed by atoms with Crippen LogP contribution in [-0.4, -0.2) is 35.9 Å². The van der Waals surface area contributed by atoms with Crippen LogP contribution < -0.4 is 4.90 Å². The van der Waals surface area contributed by atoms with E-state index in [1.807, 2.05) is 24.1 Å². The van der Waals surface area contributed by atoms with Gasteiger partial charge < -0.3 is 15.1 Å². The number of hydrogen-bond acceptors (Lipinski definition) is 3. The number of carboxylic acids is 1. The van der Waals surface area contributed by atoms with Gasteiger partial charge in [-0.05, 0) is 30.0 Å². The number of carboxylic acid groups (broad SMARTS) is 1. The van der Waals surface area contributed by atoms with Crippen LogP contribution in [0.2, 0.25) is 0 Å². The van der Waals surface area contributed by atoms with Crippen molar-refractivity contribution in [1.82, 2.24) is 0 Å². The van der Waals surface area contributed by atoms with E-state index in [2.05, 4.69) is 26.0 Å². The van der Waals surface area contributed by atoms with E-state index in [1.54, 1.807) is 0 Å². The number of aliphatic hydroxyl groups is 1. The quantitative estimate of drug-likeness (QED) is 0.793. The maximum absolute atomic E-state index is 10.5. The second kappa shape index (κ2) is 7.14. The number of likely N-dealkylation sites (N-methyl/N-ethyl adjacent to an activating group) is 1. The summed E-state index contributed by atoms with van der Waals surface area (Å²) in [7, 11) is 1.85. The van der Waals surface area contributed by atoms with E-state index in [1.165, 1.54) is 5.56 Å². The Hall–Kier alpha value is -1.55. The molecule has 0 saturated carbocycles. The fraction of sp³-hybridized carbons (Fsp3) is 0.533. The van der Waals surface area contributed by atoms with E-state index in [0.29, 0.717) is 12.5 Å². The van der Waals surface area contributed by atoms with Crippen molar-refractivity contribution in [1.29, 1.82) is 0 Å². The molecule has 2 N–H and O–H groups in total. The Balaban J connectivity index is 2.57. The molecule has 4 nitrogen and oxygen atoms in total. The summed E-state index contributed by atoms with van der Waals surface area (Å²) in [5, 5.41) is 18.2. The molecule has 0 aliphatic rings. The van der Waals surface area contributed by atoms with Gasteiger partial charge in [-0.25, -0.2) is 0 Å². The Bertz CT molecular complexity index is 400. The van der Waals surface area contributed by atoms with Gasteiger partial charge in [0.05, 0.1) is 12.5 Å². The van der Waals surface area contributed by atoms with Gasteiger partial charge in [0.15, 0.2) is 0 Å². The van der Waals surface area contributed by atoms with Crippen LogP contribution in [0.15, 0.2) is 24.3 Å². The van der Waals surface area contributed by atoms with Crippen LogP contribution in [0.1, 0.15) is 25.8 Å². The predicted molar refractivity (Wildman–Crippen MR) is 76.5 cm³/mol. The summed E-state index contributed by atoms with van der Waals surface area (Å²) >= 11 is 0. The first-order valence-electron chi connectivity index (χ1n) is 6.58. The average Bonchev–Trinajstić information content (AvgIpc) is 2.27. The lowest BCUT2D eigenvalue weighted by molar-refractivity contribution is -0.139. The molecule has 1 unspecified atom stereocenters. The van der Waals surface area contributed by atoms with Crippen molar-refractivity contribution < 1.29 is 15.0 Å². The van der Waals surface area contributed by atoms with Crippen LogP contribution in [0.3, 0.4) is 0 Å². The summed E-state index contributed by atoms with van der Waals surface area (Å²) in [5.41, 5.74) is 2.27. The Morgan fingerprint density at radius 1 is 1.26 bits per heavy atom. The highest BCUT2D eigenvalue weighted by Crippen LogP contribution is 2.16. The lowest BCUT2D eigenvalue weighted by atomic mass is 10.0. The van der Waals surface area contributed by atoms with E-state index in [4.69, 9.17) is 5.11 Å². The second-order valence-corrected chi connectivity index (χ2v) is 5.40. The Labute approximate surface area is 114 Å². The summed E-state index contributed by atoms with van der Waals surface area (Å²) < 4.78 is 0. The van der Waals surface area contributed by atoms with E-state index in [-0.39, 0.29) is 6.42 Å². The van der Waals surface area contributed by atoms with Gasteiger partial charge >= 0.3 is 5.97 Å². The standard InChI is InChI=1S/C15H23NO3/c1-11(2)8-12-4-6-13(7-5-12)16(3)10-14(17)9-15(18)19/h4-7,11,14,17H,8-10H2,1-3H3,(H,18,19). The van der Waals surface area contributed by atoms with Crippen LogP contribution in [0.25, 0.3) is 0 Å². The van der Waals surface area contributed by atoms with Crippen molar-refractivity contribution in [3.05, 3.63) is 29.8 Å². The molecule has 1 rings (SSSR count). The number of anilines is 1. The SMILES string of the molecule is CC(C)Cc1ccc(N(C)CC(O)CC(=O)O)cc1. The maximum Gasteiger partial charge on any atom is 0.306 e. The first-order chi connectivity index (χ1) is 8.88. The molecule has 0 aromatic heterocycles. The monoisotopic (exact) mass is 265 g/mol. The number of aliphatic carboxylic acids is 1. The molecule has 1 aromatic carbocycles. The van der Waals surface area contributed by atoms with Crippen molar-refractivity contribution >= 4 is 11.7 Å². The van der Waals surface area contributed by atoms with Gasteiger partial charge in [-0.3, -0.25) is 4.79 Å². The van der Waals surface area contributed by atoms with Crippen molar-refractivity contribution in [3.63, 3.8) is 0 Å². The molecule has 1 atom stereocenters. The Kier molecular flexibility index (Phi) is 5.83. The molecule has 4 heteroatoms. The number of benzene rings is 1. The minimum atomic E-state index is -0.979. The van der Waals surface area contributed by atoms with Crippen LogP contribution in [-0.2, 0) is 11.2 Å². The third-order valence-electron chi connectivity index (χ3n) is 2.92. The zero-order valence-corrected chi connectivity index (χ0v) is 11.8. The van der Waals surface area contributed by atoms with E-state index >= 15 is 0 Å². The lowest BCUT2D eigenvalue weighted by Crippen LogP contribution is -2.30. The summed E-state index contributed by atoms with van der Waals surface area (Å²) in [6, 6.07) is 8.17. The number of nitrogens with zero attached hydrogens (tertiary/aromatic N) is 1. The Morgan fingerprint density at radius 3 is 2.32 bits per heavy atom. The van der Waals surface area contributed by atoms with Gasteiger partial charge in [0.2, 0.25) is 0 Å². The van der Waals surface area contributed by atoms with Gasteiger partial charge in [0.25, 0.3) is 0 Å². The molecule has 0 fully saturated rings. The summed E-state index contributed by atoms with van der Waals surface area (Å²) in [6.45, 7) is 4.68. The zero-order chi connectivity index (χ0) is 14.4. The first-order valence-corrected chi connectivity index (χ1v) is 6.58. The van der Waals surface area contributed by atoms with Gasteiger partial charge in [-0.15, -0.1) is 0 Å². The molecular formula is C15H23NO3. The smallest absolute Gasteiger partial charge is 0.306 e. The fourth-order valence-corrected chi connectivity index (χ4v) is 2.05. The Morgan fingerprint density at radius 2 is 1.84 bits per heavy atom. The van der Waals surface area contributed by atoms with Gasteiger partial charge in [0.1, 0.15) is 0 Å². The summed E-state index contributed by atoms with van der Waals surface area (Å²) in [6.07, 6.45) is -0.0284. The van der Waals surface area contributed by atoms with Crippen LogP contribution >= 0.6 is 0 Å². The lowest BCUT2D eigenvalue weighted by Gasteiger charge is -2.22. The third-order valence-corrected chi connectivity index (χ3v) is 2.92.